The van der Waals surface area contributed by atoms with Crippen LogP contribution in [0.3, 0.4) is 0 Å². The summed E-state index contributed by atoms with van der Waals surface area (Å²) in [6.45, 7) is 5.87. The molecule has 0 radical (unpaired) electrons. The lowest BCUT2D eigenvalue weighted by atomic mass is 10.1. The van der Waals surface area contributed by atoms with Gasteiger partial charge < -0.3 is 15.9 Å². The molecule has 3 rings (SSSR count). The van der Waals surface area contributed by atoms with Crippen LogP contribution in [-0.2, 0) is 11.4 Å². The average molecular weight is 415 g/mol. The van der Waals surface area contributed by atoms with Gasteiger partial charge in [-0.15, -0.1) is 10.2 Å². The second-order valence-electron chi connectivity index (χ2n) is 6.58. The minimum atomic E-state index is -0.486. The Morgan fingerprint density at radius 2 is 1.97 bits per heavy atom. The highest BCUT2D eigenvalue weighted by molar-refractivity contribution is 8.00. The predicted octanol–water partition coefficient (Wildman–Crippen LogP) is 3.45. The maximum atomic E-state index is 13.0. The number of hydrogen-bond acceptors (Lipinski definition) is 6. The van der Waals surface area contributed by atoms with Crippen LogP contribution < -0.4 is 15.9 Å². The molecule has 152 valence electrons. The summed E-state index contributed by atoms with van der Waals surface area (Å²) in [5.74, 6) is 6.64. The van der Waals surface area contributed by atoms with Crippen molar-refractivity contribution in [1.82, 2.24) is 14.9 Å². The average Bonchev–Trinajstić information content (AvgIpc) is 3.02. The maximum absolute atomic E-state index is 13.0. The predicted molar refractivity (Wildman–Crippen MR) is 111 cm³/mol. The Morgan fingerprint density at radius 3 is 2.66 bits per heavy atom. The number of thioether (sulfide) groups is 1. The summed E-state index contributed by atoms with van der Waals surface area (Å²) in [5, 5.41) is 10.7. The van der Waals surface area contributed by atoms with Crippen LogP contribution in [0.4, 0.5) is 10.1 Å². The van der Waals surface area contributed by atoms with E-state index in [1.54, 1.807) is 6.92 Å². The van der Waals surface area contributed by atoms with Gasteiger partial charge in [0.05, 0.1) is 5.25 Å². The van der Waals surface area contributed by atoms with Crippen LogP contribution in [0.25, 0.3) is 0 Å². The SMILES string of the molecule is Cc1ccc(OCc2nnc(S[C@@H](C)C(=O)Nc3ccc(F)cc3)n2N)c(C)c1. The number of aromatic nitrogens is 3. The number of aryl methyl sites for hydroxylation is 2. The number of ether oxygens (including phenoxy) is 1. The van der Waals surface area contributed by atoms with Gasteiger partial charge in [0.25, 0.3) is 0 Å². The molecule has 1 aromatic heterocycles. The number of rotatable bonds is 7. The van der Waals surface area contributed by atoms with Crippen LogP contribution in [0, 0.1) is 19.7 Å². The molecule has 0 saturated heterocycles. The molecule has 0 unspecified atom stereocenters. The zero-order valence-electron chi connectivity index (χ0n) is 16.3. The summed E-state index contributed by atoms with van der Waals surface area (Å²) in [6, 6.07) is 11.5. The molecule has 3 aromatic rings. The third-order valence-electron chi connectivity index (χ3n) is 4.19. The van der Waals surface area contributed by atoms with Crippen molar-refractivity contribution < 1.29 is 13.9 Å². The van der Waals surface area contributed by atoms with Crippen molar-refractivity contribution >= 4 is 23.4 Å². The summed E-state index contributed by atoms with van der Waals surface area (Å²) < 4.78 is 20.1. The van der Waals surface area contributed by atoms with Crippen LogP contribution >= 0.6 is 11.8 Å². The second kappa shape index (κ2) is 8.95. The zero-order chi connectivity index (χ0) is 21.0. The van der Waals surface area contributed by atoms with Gasteiger partial charge >= 0.3 is 0 Å². The Kier molecular flexibility index (Phi) is 6.38. The molecule has 0 fully saturated rings. The topological polar surface area (TPSA) is 95.1 Å². The highest BCUT2D eigenvalue weighted by atomic mass is 32.2. The molecule has 0 aliphatic rings. The number of anilines is 1. The van der Waals surface area contributed by atoms with Crippen LogP contribution in [0.2, 0.25) is 0 Å². The first-order valence-corrected chi connectivity index (χ1v) is 9.84. The van der Waals surface area contributed by atoms with Crippen LogP contribution in [0.1, 0.15) is 23.9 Å². The Balaban J connectivity index is 1.59. The van der Waals surface area contributed by atoms with E-state index in [9.17, 15) is 9.18 Å². The van der Waals surface area contributed by atoms with Crippen molar-refractivity contribution in [1.29, 1.82) is 0 Å². The molecule has 0 saturated carbocycles. The van der Waals surface area contributed by atoms with E-state index in [1.807, 2.05) is 32.0 Å². The molecule has 1 heterocycles. The van der Waals surface area contributed by atoms with Crippen molar-refractivity contribution in [3.8, 4) is 5.75 Å². The highest BCUT2D eigenvalue weighted by Crippen LogP contribution is 2.23. The Bertz CT molecular complexity index is 1010. The van der Waals surface area contributed by atoms with E-state index in [0.717, 1.165) is 16.9 Å². The van der Waals surface area contributed by atoms with Gasteiger partial charge in [0.15, 0.2) is 5.82 Å². The van der Waals surface area contributed by atoms with Gasteiger partial charge in [0.2, 0.25) is 11.1 Å². The van der Waals surface area contributed by atoms with E-state index in [-0.39, 0.29) is 18.3 Å². The molecular weight excluding hydrogens is 393 g/mol. The van der Waals surface area contributed by atoms with Gasteiger partial charge in [-0.25, -0.2) is 9.07 Å². The summed E-state index contributed by atoms with van der Waals surface area (Å²) in [5.41, 5.74) is 2.69. The molecule has 0 aliphatic carbocycles. The summed E-state index contributed by atoms with van der Waals surface area (Å²) in [6.07, 6.45) is 0. The van der Waals surface area contributed by atoms with Gasteiger partial charge in [-0.1, -0.05) is 29.5 Å². The summed E-state index contributed by atoms with van der Waals surface area (Å²) in [7, 11) is 0. The molecule has 3 N–H and O–H groups in total. The number of carbonyl (C=O) groups excluding carboxylic acids is 1. The number of halogens is 1. The van der Waals surface area contributed by atoms with Crippen molar-refractivity contribution in [3.05, 3.63) is 65.2 Å². The number of nitrogens with one attached hydrogen (secondary N) is 1. The van der Waals surface area contributed by atoms with E-state index in [2.05, 4.69) is 15.5 Å². The fourth-order valence-corrected chi connectivity index (χ4v) is 3.37. The summed E-state index contributed by atoms with van der Waals surface area (Å²) in [4.78, 5) is 12.3. The molecule has 1 amide bonds. The van der Waals surface area contributed by atoms with E-state index in [1.165, 1.54) is 40.7 Å². The van der Waals surface area contributed by atoms with Crippen LogP contribution in [0.15, 0.2) is 47.6 Å². The van der Waals surface area contributed by atoms with Crippen molar-refractivity contribution in [2.75, 3.05) is 11.2 Å². The fourth-order valence-electron chi connectivity index (χ4n) is 2.58. The van der Waals surface area contributed by atoms with Crippen molar-refractivity contribution in [2.24, 2.45) is 0 Å². The first-order chi connectivity index (χ1) is 13.8. The van der Waals surface area contributed by atoms with Gasteiger partial charge in [-0.05, 0) is 56.7 Å². The minimum absolute atomic E-state index is 0.157. The minimum Gasteiger partial charge on any atom is -0.485 e. The van der Waals surface area contributed by atoms with Crippen molar-refractivity contribution in [3.63, 3.8) is 0 Å². The standard InChI is InChI=1S/C20H22FN5O2S/c1-12-4-9-17(13(2)10-12)28-11-18-24-25-20(26(18)22)29-14(3)19(27)23-16-7-5-15(21)6-8-16/h4-10,14H,11,22H2,1-3H3,(H,23,27)/t14-/m0/s1. The quantitative estimate of drug-likeness (QED) is 0.453. The van der Waals surface area contributed by atoms with Gasteiger partial charge in [-0.3, -0.25) is 4.79 Å². The van der Waals surface area contributed by atoms with Crippen LogP contribution in [-0.4, -0.2) is 26.0 Å². The first kappa shape index (κ1) is 20.7. The highest BCUT2D eigenvalue weighted by Gasteiger charge is 2.20. The van der Waals surface area contributed by atoms with Crippen molar-refractivity contribution in [2.45, 2.75) is 37.8 Å². The monoisotopic (exact) mass is 415 g/mol. The lowest BCUT2D eigenvalue weighted by molar-refractivity contribution is -0.115. The Morgan fingerprint density at radius 1 is 1.24 bits per heavy atom. The van der Waals surface area contributed by atoms with E-state index in [0.29, 0.717) is 16.7 Å². The lowest BCUT2D eigenvalue weighted by Gasteiger charge is -2.12. The first-order valence-electron chi connectivity index (χ1n) is 8.96. The van der Waals surface area contributed by atoms with E-state index in [4.69, 9.17) is 10.6 Å². The van der Waals surface area contributed by atoms with E-state index >= 15 is 0 Å². The molecule has 0 spiro atoms. The smallest absolute Gasteiger partial charge is 0.237 e. The molecule has 7 nitrogen and oxygen atoms in total. The molecule has 1 atom stereocenters. The number of benzene rings is 2. The molecular formula is C20H22FN5O2S. The van der Waals surface area contributed by atoms with Gasteiger partial charge in [0.1, 0.15) is 18.2 Å². The Labute approximate surface area is 172 Å². The number of amides is 1. The fraction of sp³-hybridized carbons (Fsp3) is 0.250. The normalized spacial score (nSPS) is 11.9. The zero-order valence-corrected chi connectivity index (χ0v) is 17.2. The van der Waals surface area contributed by atoms with Gasteiger partial charge in [-0.2, -0.15) is 0 Å². The number of carbonyl (C=O) groups is 1. The second-order valence-corrected chi connectivity index (χ2v) is 7.89. The van der Waals surface area contributed by atoms with Gasteiger partial charge in [0, 0.05) is 5.69 Å². The third-order valence-corrected chi connectivity index (χ3v) is 5.24. The molecule has 9 heteroatoms. The third kappa shape index (κ3) is 5.26. The molecule has 0 bridgehead atoms. The largest absolute Gasteiger partial charge is 0.485 e. The van der Waals surface area contributed by atoms with E-state index < -0.39 is 5.25 Å². The Hall–Kier alpha value is -3.07. The van der Waals surface area contributed by atoms with Crippen LogP contribution in [0.5, 0.6) is 5.75 Å². The summed E-state index contributed by atoms with van der Waals surface area (Å²) >= 11 is 1.17. The molecule has 2 aromatic carbocycles. The number of nitrogens with zero attached hydrogens (tertiary/aromatic N) is 3. The molecule has 29 heavy (non-hydrogen) atoms. The maximum Gasteiger partial charge on any atom is 0.237 e. The number of hydrogen-bond donors (Lipinski definition) is 2. The molecule has 0 aliphatic heterocycles. The number of nitrogen functional groups attached to an aromatic ring is 1. The number of nitrogens with two attached hydrogens (primary N) is 1. The lowest BCUT2D eigenvalue weighted by Crippen LogP contribution is -2.24.